The van der Waals surface area contributed by atoms with Crippen LogP contribution in [0, 0.1) is 23.2 Å². The van der Waals surface area contributed by atoms with Crippen LogP contribution in [0.5, 0.6) is 0 Å². The Labute approximate surface area is 88.9 Å². The first kappa shape index (κ1) is 10.2. The van der Waals surface area contributed by atoms with Gasteiger partial charge in [0.2, 0.25) is 11.8 Å². The van der Waals surface area contributed by atoms with Gasteiger partial charge < -0.3 is 0 Å². The van der Waals surface area contributed by atoms with E-state index in [1.807, 2.05) is 6.92 Å². The summed E-state index contributed by atoms with van der Waals surface area (Å²) in [4.78, 5) is 24.6. The molecule has 1 heterocycles. The van der Waals surface area contributed by atoms with E-state index in [2.05, 4.69) is 6.07 Å². The molecule has 0 aromatic heterocycles. The van der Waals surface area contributed by atoms with Crippen LogP contribution in [0.2, 0.25) is 0 Å². The zero-order valence-electron chi connectivity index (χ0n) is 8.77. The van der Waals surface area contributed by atoms with Crippen molar-refractivity contribution in [1.29, 1.82) is 5.26 Å². The van der Waals surface area contributed by atoms with Crippen molar-refractivity contribution < 1.29 is 9.59 Å². The van der Waals surface area contributed by atoms with Gasteiger partial charge in [-0.05, 0) is 24.7 Å². The van der Waals surface area contributed by atoms with Gasteiger partial charge in [0.25, 0.3) is 0 Å². The molecule has 2 rings (SSSR count). The average Bonchev–Trinajstić information content (AvgIpc) is 2.94. The van der Waals surface area contributed by atoms with Crippen LogP contribution in [0.15, 0.2) is 0 Å². The van der Waals surface area contributed by atoms with E-state index in [9.17, 15) is 9.59 Å². The summed E-state index contributed by atoms with van der Waals surface area (Å²) in [6.07, 6.45) is 2.73. The van der Waals surface area contributed by atoms with Crippen molar-refractivity contribution in [3.8, 4) is 6.07 Å². The van der Waals surface area contributed by atoms with Crippen LogP contribution in [-0.4, -0.2) is 22.8 Å². The molecule has 0 spiro atoms. The fourth-order valence-corrected chi connectivity index (χ4v) is 2.10. The van der Waals surface area contributed by atoms with Gasteiger partial charge in [-0.25, -0.2) is 0 Å². The molecule has 0 aromatic rings. The fraction of sp³-hybridized carbons (Fsp3) is 0.727. The molecule has 4 nitrogen and oxygen atoms in total. The molecule has 15 heavy (non-hydrogen) atoms. The van der Waals surface area contributed by atoms with Gasteiger partial charge in [-0.1, -0.05) is 6.92 Å². The predicted octanol–water partition coefficient (Wildman–Crippen LogP) is 1.07. The van der Waals surface area contributed by atoms with Crippen LogP contribution in [0.3, 0.4) is 0 Å². The Hall–Kier alpha value is -1.37. The van der Waals surface area contributed by atoms with Gasteiger partial charge in [-0.3, -0.25) is 14.5 Å². The molecule has 2 amide bonds. The maximum Gasteiger partial charge on any atom is 0.230 e. The van der Waals surface area contributed by atoms with Crippen LogP contribution in [0.1, 0.15) is 32.6 Å². The van der Waals surface area contributed by atoms with Gasteiger partial charge in [0.15, 0.2) is 0 Å². The Kier molecular flexibility index (Phi) is 2.47. The number of likely N-dealkylation sites (tertiary alicyclic amines) is 1. The second-order valence-electron chi connectivity index (χ2n) is 4.58. The summed E-state index contributed by atoms with van der Waals surface area (Å²) in [6, 6.07) is 1.59. The number of amides is 2. The molecule has 0 radical (unpaired) electrons. The standard InChI is InChI=1S/C11H14N2O2/c1-7-4-10(14)13(11(15)5-7)9(6-12)8-2-3-8/h7-9H,2-5H2,1H3. The van der Waals surface area contributed by atoms with Gasteiger partial charge in [-0.2, -0.15) is 5.26 Å². The first-order valence-corrected chi connectivity index (χ1v) is 5.38. The third kappa shape index (κ3) is 1.87. The van der Waals surface area contributed by atoms with Gasteiger partial charge in [0, 0.05) is 12.8 Å². The highest BCUT2D eigenvalue weighted by Crippen LogP contribution is 2.37. The van der Waals surface area contributed by atoms with Crippen LogP contribution in [-0.2, 0) is 9.59 Å². The molecule has 1 saturated carbocycles. The second-order valence-corrected chi connectivity index (χ2v) is 4.58. The van der Waals surface area contributed by atoms with Crippen molar-refractivity contribution in [3.05, 3.63) is 0 Å². The van der Waals surface area contributed by atoms with Crippen LogP contribution in [0.25, 0.3) is 0 Å². The van der Waals surface area contributed by atoms with E-state index in [1.54, 1.807) is 0 Å². The molecule has 1 aliphatic carbocycles. The van der Waals surface area contributed by atoms with Gasteiger partial charge in [-0.15, -0.1) is 0 Å². The molecule has 1 saturated heterocycles. The minimum atomic E-state index is -0.502. The first-order chi connectivity index (χ1) is 7.13. The number of hydrogen-bond acceptors (Lipinski definition) is 3. The summed E-state index contributed by atoms with van der Waals surface area (Å²) in [7, 11) is 0. The number of nitrogens with zero attached hydrogens (tertiary/aromatic N) is 2. The predicted molar refractivity (Wildman–Crippen MR) is 52.4 cm³/mol. The minimum Gasteiger partial charge on any atom is -0.274 e. The molecular weight excluding hydrogens is 192 g/mol. The number of rotatable bonds is 2. The number of nitriles is 1. The molecule has 0 N–H and O–H groups in total. The summed E-state index contributed by atoms with van der Waals surface area (Å²) in [5.74, 6) is 0.0190. The monoisotopic (exact) mass is 206 g/mol. The van der Waals surface area contributed by atoms with Crippen LogP contribution in [0.4, 0.5) is 0 Å². The molecule has 2 aliphatic rings. The molecule has 80 valence electrons. The van der Waals surface area contributed by atoms with Crippen molar-refractivity contribution in [2.75, 3.05) is 0 Å². The molecular formula is C11H14N2O2. The van der Waals surface area contributed by atoms with Gasteiger partial charge in [0.1, 0.15) is 6.04 Å². The van der Waals surface area contributed by atoms with Crippen molar-refractivity contribution in [2.45, 2.75) is 38.6 Å². The summed E-state index contributed by atoms with van der Waals surface area (Å²) >= 11 is 0. The Morgan fingerprint density at radius 2 is 1.87 bits per heavy atom. The van der Waals surface area contributed by atoms with Gasteiger partial charge >= 0.3 is 0 Å². The number of carbonyl (C=O) groups is 2. The third-order valence-electron chi connectivity index (χ3n) is 3.06. The Balaban J connectivity index is 2.16. The second kappa shape index (κ2) is 3.65. The lowest BCUT2D eigenvalue weighted by Gasteiger charge is -2.31. The summed E-state index contributed by atoms with van der Waals surface area (Å²) in [6.45, 7) is 1.89. The lowest BCUT2D eigenvalue weighted by atomic mass is 9.95. The molecule has 1 aliphatic heterocycles. The quantitative estimate of drug-likeness (QED) is 0.635. The fourth-order valence-electron chi connectivity index (χ4n) is 2.10. The largest absolute Gasteiger partial charge is 0.274 e. The number of carbonyl (C=O) groups excluding carboxylic acids is 2. The molecule has 2 fully saturated rings. The molecule has 0 aromatic carbocycles. The van der Waals surface area contributed by atoms with E-state index < -0.39 is 6.04 Å². The Morgan fingerprint density at radius 3 is 2.27 bits per heavy atom. The average molecular weight is 206 g/mol. The van der Waals surface area contributed by atoms with E-state index in [-0.39, 0.29) is 23.7 Å². The highest BCUT2D eigenvalue weighted by atomic mass is 16.2. The highest BCUT2D eigenvalue weighted by molar-refractivity contribution is 5.98. The van der Waals surface area contributed by atoms with Crippen molar-refractivity contribution in [3.63, 3.8) is 0 Å². The maximum atomic E-state index is 11.7. The summed E-state index contributed by atoms with van der Waals surface area (Å²) in [5, 5.41) is 8.99. The summed E-state index contributed by atoms with van der Waals surface area (Å²) < 4.78 is 0. The number of hydrogen-bond donors (Lipinski definition) is 0. The topological polar surface area (TPSA) is 61.2 Å². The van der Waals surface area contributed by atoms with E-state index in [4.69, 9.17) is 5.26 Å². The molecule has 0 bridgehead atoms. The first-order valence-electron chi connectivity index (χ1n) is 5.38. The van der Waals surface area contributed by atoms with Crippen molar-refractivity contribution in [2.24, 2.45) is 11.8 Å². The zero-order chi connectivity index (χ0) is 11.0. The van der Waals surface area contributed by atoms with E-state index >= 15 is 0 Å². The zero-order valence-corrected chi connectivity index (χ0v) is 8.77. The smallest absolute Gasteiger partial charge is 0.230 e. The van der Waals surface area contributed by atoms with E-state index in [1.165, 1.54) is 4.90 Å². The van der Waals surface area contributed by atoms with Crippen molar-refractivity contribution in [1.82, 2.24) is 4.90 Å². The molecule has 1 atom stereocenters. The molecule has 4 heteroatoms. The lowest BCUT2D eigenvalue weighted by Crippen LogP contribution is -2.49. The molecule has 1 unspecified atom stereocenters. The Bertz CT molecular complexity index is 323. The SMILES string of the molecule is CC1CC(=O)N(C(C#N)C2CC2)C(=O)C1. The minimum absolute atomic E-state index is 0.125. The third-order valence-corrected chi connectivity index (χ3v) is 3.06. The highest BCUT2D eigenvalue weighted by Gasteiger charge is 2.42. The van der Waals surface area contributed by atoms with Crippen LogP contribution < -0.4 is 0 Å². The van der Waals surface area contributed by atoms with E-state index in [0.717, 1.165) is 12.8 Å². The Morgan fingerprint density at radius 1 is 1.33 bits per heavy atom. The lowest BCUT2D eigenvalue weighted by molar-refractivity contribution is -0.151. The summed E-state index contributed by atoms with van der Waals surface area (Å²) in [5.41, 5.74) is 0. The van der Waals surface area contributed by atoms with E-state index in [0.29, 0.717) is 12.8 Å². The number of imide groups is 1. The number of piperidine rings is 1. The van der Waals surface area contributed by atoms with Gasteiger partial charge in [0.05, 0.1) is 6.07 Å². The van der Waals surface area contributed by atoms with Crippen LogP contribution >= 0.6 is 0 Å². The van der Waals surface area contributed by atoms with Crippen molar-refractivity contribution >= 4 is 11.8 Å². The maximum absolute atomic E-state index is 11.7. The normalized spacial score (nSPS) is 25.2.